The number of halogens is 1. The van der Waals surface area contributed by atoms with Crippen LogP contribution in [0.5, 0.6) is 0 Å². The van der Waals surface area contributed by atoms with Gasteiger partial charge in [0.1, 0.15) is 11.6 Å². The number of aromatic nitrogens is 2. The first-order chi connectivity index (χ1) is 14.7. The molecular formula is C21H20ClN5O4. The summed E-state index contributed by atoms with van der Waals surface area (Å²) in [5.74, 6) is -0.942. The summed E-state index contributed by atoms with van der Waals surface area (Å²) in [5, 5.41) is 21.0. The molecule has 2 aromatic carbocycles. The zero-order chi connectivity index (χ0) is 22.7. The van der Waals surface area contributed by atoms with Gasteiger partial charge in [0, 0.05) is 17.4 Å². The van der Waals surface area contributed by atoms with Crippen molar-refractivity contribution < 1.29 is 14.5 Å². The summed E-state index contributed by atoms with van der Waals surface area (Å²) in [6.45, 7) is 5.44. The van der Waals surface area contributed by atoms with Crippen LogP contribution in [-0.2, 0) is 4.79 Å². The minimum Gasteiger partial charge on any atom is -0.323 e. The molecule has 3 aromatic rings. The molecule has 0 saturated heterocycles. The molecule has 0 aliphatic rings. The average Bonchev–Trinajstić information content (AvgIpc) is 3.07. The Hall–Kier alpha value is -3.72. The van der Waals surface area contributed by atoms with Crippen LogP contribution in [0.15, 0.2) is 48.5 Å². The Balaban J connectivity index is 1.73. The number of nitro benzene ring substituents is 1. The lowest BCUT2D eigenvalue weighted by Gasteiger charge is -2.16. The number of carbonyl (C=O) groups is 2. The molecule has 1 heterocycles. The van der Waals surface area contributed by atoms with Crippen molar-refractivity contribution in [1.29, 1.82) is 0 Å². The number of hydrogen-bond acceptors (Lipinski definition) is 5. The first-order valence-corrected chi connectivity index (χ1v) is 9.73. The number of anilines is 2. The summed E-state index contributed by atoms with van der Waals surface area (Å²) < 4.78 is 1.62. The third kappa shape index (κ3) is 4.89. The second-order valence-electron chi connectivity index (χ2n) is 6.96. The maximum atomic E-state index is 12.6. The van der Waals surface area contributed by atoms with Crippen LogP contribution in [0, 0.1) is 24.0 Å². The molecule has 0 bridgehead atoms. The fourth-order valence-electron chi connectivity index (χ4n) is 3.10. The summed E-state index contributed by atoms with van der Waals surface area (Å²) >= 11 is 6.27. The highest BCUT2D eigenvalue weighted by molar-refractivity contribution is 6.34. The molecule has 3 rings (SSSR count). The van der Waals surface area contributed by atoms with Gasteiger partial charge < -0.3 is 10.6 Å². The van der Waals surface area contributed by atoms with Gasteiger partial charge in [0.15, 0.2) is 0 Å². The fourth-order valence-corrected chi connectivity index (χ4v) is 3.33. The Morgan fingerprint density at radius 1 is 1.13 bits per heavy atom. The van der Waals surface area contributed by atoms with Crippen molar-refractivity contribution in [3.63, 3.8) is 0 Å². The van der Waals surface area contributed by atoms with E-state index in [1.165, 1.54) is 30.3 Å². The number of nitrogens with one attached hydrogen (secondary N) is 2. The maximum Gasteiger partial charge on any atom is 0.282 e. The highest BCUT2D eigenvalue weighted by Crippen LogP contribution is 2.27. The van der Waals surface area contributed by atoms with Crippen LogP contribution < -0.4 is 10.6 Å². The smallest absolute Gasteiger partial charge is 0.282 e. The molecular weight excluding hydrogens is 422 g/mol. The van der Waals surface area contributed by atoms with Gasteiger partial charge in [0.2, 0.25) is 5.91 Å². The third-order valence-electron chi connectivity index (χ3n) is 4.62. The normalized spacial score (nSPS) is 11.6. The van der Waals surface area contributed by atoms with Crippen molar-refractivity contribution >= 4 is 40.5 Å². The van der Waals surface area contributed by atoms with Crippen LogP contribution in [0.1, 0.15) is 34.7 Å². The summed E-state index contributed by atoms with van der Waals surface area (Å²) in [5.41, 5.74) is 2.00. The molecule has 1 unspecified atom stereocenters. The van der Waals surface area contributed by atoms with Crippen LogP contribution in [0.25, 0.3) is 0 Å². The predicted molar refractivity (Wildman–Crippen MR) is 118 cm³/mol. The Kier molecular flexibility index (Phi) is 6.36. The fraction of sp³-hybridized carbons (Fsp3) is 0.190. The minimum atomic E-state index is -0.640. The lowest BCUT2D eigenvalue weighted by Crippen LogP contribution is -2.25. The van der Waals surface area contributed by atoms with Gasteiger partial charge in [-0.2, -0.15) is 5.10 Å². The van der Waals surface area contributed by atoms with E-state index in [1.807, 2.05) is 19.9 Å². The summed E-state index contributed by atoms with van der Waals surface area (Å²) in [4.78, 5) is 35.6. The number of amides is 2. The molecule has 1 aromatic heterocycles. The molecule has 9 nitrogen and oxygen atoms in total. The Bertz CT molecular complexity index is 1170. The van der Waals surface area contributed by atoms with E-state index in [1.54, 1.807) is 23.7 Å². The van der Waals surface area contributed by atoms with Crippen LogP contribution in [0.2, 0.25) is 5.02 Å². The molecule has 2 N–H and O–H groups in total. The lowest BCUT2D eigenvalue weighted by atomic mass is 10.1. The molecule has 0 spiro atoms. The van der Waals surface area contributed by atoms with Crippen LogP contribution in [0.4, 0.5) is 17.1 Å². The van der Waals surface area contributed by atoms with E-state index in [0.717, 1.165) is 11.4 Å². The van der Waals surface area contributed by atoms with E-state index in [-0.39, 0.29) is 22.2 Å². The van der Waals surface area contributed by atoms with Crippen molar-refractivity contribution in [3.05, 3.63) is 80.6 Å². The molecule has 31 heavy (non-hydrogen) atoms. The van der Waals surface area contributed by atoms with Crippen LogP contribution in [0.3, 0.4) is 0 Å². The van der Waals surface area contributed by atoms with Gasteiger partial charge in [-0.25, -0.2) is 0 Å². The quantitative estimate of drug-likeness (QED) is 0.430. The van der Waals surface area contributed by atoms with Gasteiger partial charge in [-0.3, -0.25) is 24.4 Å². The monoisotopic (exact) mass is 441 g/mol. The molecule has 0 saturated carbocycles. The van der Waals surface area contributed by atoms with E-state index in [2.05, 4.69) is 15.7 Å². The molecule has 0 aliphatic carbocycles. The van der Waals surface area contributed by atoms with Gasteiger partial charge >= 0.3 is 0 Å². The number of nitrogens with zero attached hydrogens (tertiary/aromatic N) is 3. The number of rotatable bonds is 6. The average molecular weight is 442 g/mol. The number of para-hydroxylation sites is 1. The summed E-state index contributed by atoms with van der Waals surface area (Å²) in [6.07, 6.45) is 0. The largest absolute Gasteiger partial charge is 0.323 e. The zero-order valence-corrected chi connectivity index (χ0v) is 17.8. The number of benzene rings is 2. The highest BCUT2D eigenvalue weighted by Gasteiger charge is 2.21. The Labute approximate surface area is 183 Å². The second-order valence-corrected chi connectivity index (χ2v) is 7.37. The standard InChI is InChI=1S/C21H20ClN5O4/c1-12-10-13(2)26(25-12)14(3)20(28)24-18-9-8-15(11-17(18)22)23-21(29)16-6-4-5-7-19(16)27(30)31/h4-11,14H,1-3H3,(H,23,29)(H,24,28). The van der Waals surface area contributed by atoms with Gasteiger partial charge in [-0.15, -0.1) is 0 Å². The molecule has 10 heteroatoms. The van der Waals surface area contributed by atoms with Gasteiger partial charge in [0.05, 0.1) is 21.3 Å². The lowest BCUT2D eigenvalue weighted by molar-refractivity contribution is -0.385. The van der Waals surface area contributed by atoms with E-state index in [4.69, 9.17) is 11.6 Å². The molecule has 1 atom stereocenters. The SMILES string of the molecule is Cc1cc(C)n(C(C)C(=O)Nc2ccc(NC(=O)c3ccccc3[N+](=O)[O-])cc2Cl)n1. The van der Waals surface area contributed by atoms with Crippen molar-refractivity contribution in [2.24, 2.45) is 0 Å². The van der Waals surface area contributed by atoms with Crippen molar-refractivity contribution in [1.82, 2.24) is 9.78 Å². The zero-order valence-electron chi connectivity index (χ0n) is 17.0. The first kappa shape index (κ1) is 22.0. The van der Waals surface area contributed by atoms with E-state index < -0.39 is 16.9 Å². The number of aryl methyl sites for hydroxylation is 2. The van der Waals surface area contributed by atoms with Gasteiger partial charge in [-0.1, -0.05) is 23.7 Å². The maximum absolute atomic E-state index is 12.6. The summed E-state index contributed by atoms with van der Waals surface area (Å²) in [6, 6.07) is 11.5. The second kappa shape index (κ2) is 8.97. The predicted octanol–water partition coefficient (Wildman–Crippen LogP) is 4.51. The molecule has 2 amide bonds. The van der Waals surface area contributed by atoms with Crippen molar-refractivity contribution in [2.75, 3.05) is 10.6 Å². The topological polar surface area (TPSA) is 119 Å². The minimum absolute atomic E-state index is 0.0697. The van der Waals surface area contributed by atoms with E-state index in [9.17, 15) is 19.7 Å². The first-order valence-electron chi connectivity index (χ1n) is 9.35. The summed E-state index contributed by atoms with van der Waals surface area (Å²) in [7, 11) is 0. The van der Waals surface area contributed by atoms with Crippen molar-refractivity contribution in [3.8, 4) is 0 Å². The number of carbonyl (C=O) groups excluding carboxylic acids is 2. The van der Waals surface area contributed by atoms with Crippen LogP contribution in [-0.4, -0.2) is 26.5 Å². The highest BCUT2D eigenvalue weighted by atomic mass is 35.5. The number of hydrogen-bond donors (Lipinski definition) is 2. The molecule has 0 aliphatic heterocycles. The van der Waals surface area contributed by atoms with Crippen molar-refractivity contribution in [2.45, 2.75) is 26.8 Å². The Morgan fingerprint density at radius 2 is 1.84 bits per heavy atom. The van der Waals surface area contributed by atoms with E-state index >= 15 is 0 Å². The Morgan fingerprint density at radius 3 is 2.45 bits per heavy atom. The molecule has 0 radical (unpaired) electrons. The van der Waals surface area contributed by atoms with Crippen LogP contribution >= 0.6 is 11.6 Å². The van der Waals surface area contributed by atoms with E-state index in [0.29, 0.717) is 11.4 Å². The third-order valence-corrected chi connectivity index (χ3v) is 4.93. The molecule has 0 fully saturated rings. The van der Waals surface area contributed by atoms with Gasteiger partial charge in [-0.05, 0) is 51.1 Å². The molecule has 160 valence electrons. The number of nitro groups is 1. The van der Waals surface area contributed by atoms with Gasteiger partial charge in [0.25, 0.3) is 11.6 Å².